The molecule has 4 nitrogen and oxygen atoms in total. The van der Waals surface area contributed by atoms with Crippen molar-refractivity contribution in [3.63, 3.8) is 0 Å². The van der Waals surface area contributed by atoms with Gasteiger partial charge in [0.25, 0.3) is 0 Å². The lowest BCUT2D eigenvalue weighted by molar-refractivity contribution is 0.505. The summed E-state index contributed by atoms with van der Waals surface area (Å²) in [6.45, 7) is 2.13. The standard InChI is InChI=1S/C17H16N2O2/c1-3-12-9-10-14(16-18-19(2)17(20)21-16)11-15(12)13-7-5-4-6-8-13/h4-11H,3H2,1-2H3. The molecule has 0 bridgehead atoms. The van der Waals surface area contributed by atoms with Gasteiger partial charge in [-0.25, -0.2) is 4.79 Å². The van der Waals surface area contributed by atoms with Crippen LogP contribution in [0.5, 0.6) is 0 Å². The van der Waals surface area contributed by atoms with Crippen LogP contribution in [0.3, 0.4) is 0 Å². The summed E-state index contributed by atoms with van der Waals surface area (Å²) < 4.78 is 6.36. The second-order valence-electron chi connectivity index (χ2n) is 4.89. The molecule has 0 aliphatic rings. The van der Waals surface area contributed by atoms with E-state index in [1.807, 2.05) is 30.3 Å². The Morgan fingerprint density at radius 1 is 1.10 bits per heavy atom. The van der Waals surface area contributed by atoms with Crippen molar-refractivity contribution in [1.82, 2.24) is 9.78 Å². The normalized spacial score (nSPS) is 10.8. The van der Waals surface area contributed by atoms with Crippen LogP contribution in [0.25, 0.3) is 22.6 Å². The van der Waals surface area contributed by atoms with E-state index in [9.17, 15) is 4.79 Å². The summed E-state index contributed by atoms with van der Waals surface area (Å²) in [5.74, 6) is -0.104. The molecule has 0 N–H and O–H groups in total. The SMILES string of the molecule is CCc1ccc(-c2nn(C)c(=O)o2)cc1-c1ccccc1. The Morgan fingerprint density at radius 2 is 1.86 bits per heavy atom. The predicted molar refractivity (Wildman–Crippen MR) is 82.0 cm³/mol. The molecule has 1 aromatic heterocycles. The van der Waals surface area contributed by atoms with E-state index in [-0.39, 0.29) is 0 Å². The van der Waals surface area contributed by atoms with E-state index in [0.29, 0.717) is 5.89 Å². The molecule has 0 saturated carbocycles. The van der Waals surface area contributed by atoms with Crippen molar-refractivity contribution in [1.29, 1.82) is 0 Å². The van der Waals surface area contributed by atoms with Crippen molar-refractivity contribution in [2.75, 3.05) is 0 Å². The minimum absolute atomic E-state index is 0.349. The number of hydrogen-bond donors (Lipinski definition) is 0. The Kier molecular flexibility index (Phi) is 3.44. The fourth-order valence-corrected chi connectivity index (χ4v) is 2.37. The molecular weight excluding hydrogens is 264 g/mol. The monoisotopic (exact) mass is 280 g/mol. The van der Waals surface area contributed by atoms with Gasteiger partial charge in [-0.2, -0.15) is 4.68 Å². The highest BCUT2D eigenvalue weighted by Crippen LogP contribution is 2.28. The van der Waals surface area contributed by atoms with E-state index in [4.69, 9.17) is 4.42 Å². The predicted octanol–water partition coefficient (Wildman–Crippen LogP) is 3.27. The van der Waals surface area contributed by atoms with Crippen LogP contribution in [0.2, 0.25) is 0 Å². The lowest BCUT2D eigenvalue weighted by Crippen LogP contribution is -2.09. The van der Waals surface area contributed by atoms with Gasteiger partial charge in [0.15, 0.2) is 0 Å². The van der Waals surface area contributed by atoms with E-state index in [1.54, 1.807) is 7.05 Å². The molecular formula is C17H16N2O2. The summed E-state index contributed by atoms with van der Waals surface area (Å²) in [5, 5.41) is 4.11. The molecule has 3 rings (SSSR count). The van der Waals surface area contributed by atoms with E-state index in [1.165, 1.54) is 10.2 Å². The van der Waals surface area contributed by atoms with Crippen molar-refractivity contribution in [3.05, 3.63) is 64.6 Å². The van der Waals surface area contributed by atoms with Crippen molar-refractivity contribution in [3.8, 4) is 22.6 Å². The molecule has 0 spiro atoms. The smallest absolute Gasteiger partial charge is 0.388 e. The highest BCUT2D eigenvalue weighted by molar-refractivity contribution is 5.72. The molecule has 2 aromatic carbocycles. The minimum atomic E-state index is -0.453. The fourth-order valence-electron chi connectivity index (χ4n) is 2.37. The van der Waals surface area contributed by atoms with Gasteiger partial charge in [-0.05, 0) is 35.2 Å². The second kappa shape index (κ2) is 5.40. The number of hydrogen-bond acceptors (Lipinski definition) is 3. The van der Waals surface area contributed by atoms with Crippen molar-refractivity contribution < 1.29 is 4.42 Å². The van der Waals surface area contributed by atoms with E-state index in [0.717, 1.165) is 23.1 Å². The quantitative estimate of drug-likeness (QED) is 0.739. The molecule has 0 aliphatic carbocycles. The third-order valence-electron chi connectivity index (χ3n) is 3.51. The Balaban J connectivity index is 2.15. The van der Waals surface area contributed by atoms with Gasteiger partial charge < -0.3 is 4.42 Å². The Hall–Kier alpha value is -2.62. The number of benzene rings is 2. The van der Waals surface area contributed by atoms with Crippen LogP contribution in [-0.4, -0.2) is 9.78 Å². The van der Waals surface area contributed by atoms with Crippen LogP contribution in [0, 0.1) is 0 Å². The van der Waals surface area contributed by atoms with Crippen LogP contribution >= 0.6 is 0 Å². The van der Waals surface area contributed by atoms with Gasteiger partial charge >= 0.3 is 5.76 Å². The van der Waals surface area contributed by atoms with Crippen LogP contribution in [-0.2, 0) is 13.5 Å². The van der Waals surface area contributed by atoms with Gasteiger partial charge in [0.1, 0.15) is 0 Å². The summed E-state index contributed by atoms with van der Waals surface area (Å²) in [6.07, 6.45) is 0.941. The van der Waals surface area contributed by atoms with Crippen LogP contribution in [0.4, 0.5) is 0 Å². The minimum Gasteiger partial charge on any atom is -0.388 e. The second-order valence-corrected chi connectivity index (χ2v) is 4.89. The first-order valence-electron chi connectivity index (χ1n) is 6.92. The summed E-state index contributed by atoms with van der Waals surface area (Å²) in [4.78, 5) is 11.4. The molecule has 1 heterocycles. The van der Waals surface area contributed by atoms with E-state index in [2.05, 4.69) is 30.2 Å². The highest BCUT2D eigenvalue weighted by Gasteiger charge is 2.11. The van der Waals surface area contributed by atoms with E-state index >= 15 is 0 Å². The van der Waals surface area contributed by atoms with Crippen molar-refractivity contribution in [2.45, 2.75) is 13.3 Å². The molecule has 106 valence electrons. The number of nitrogens with zero attached hydrogens (tertiary/aromatic N) is 2. The molecule has 0 amide bonds. The molecule has 0 atom stereocenters. The largest absolute Gasteiger partial charge is 0.437 e. The average Bonchev–Trinajstić information content (AvgIpc) is 2.87. The Bertz CT molecular complexity index is 816. The van der Waals surface area contributed by atoms with Gasteiger partial charge in [0.2, 0.25) is 5.89 Å². The molecule has 0 aliphatic heterocycles. The van der Waals surface area contributed by atoms with Gasteiger partial charge in [0, 0.05) is 12.6 Å². The third-order valence-corrected chi connectivity index (χ3v) is 3.51. The maximum Gasteiger partial charge on any atom is 0.437 e. The third kappa shape index (κ3) is 2.52. The summed E-state index contributed by atoms with van der Waals surface area (Å²) in [5.41, 5.74) is 4.35. The lowest BCUT2D eigenvalue weighted by atomic mass is 9.96. The summed E-state index contributed by atoms with van der Waals surface area (Å²) in [6, 6.07) is 16.2. The van der Waals surface area contributed by atoms with Gasteiger partial charge in [-0.15, -0.1) is 5.10 Å². The van der Waals surface area contributed by atoms with E-state index < -0.39 is 5.76 Å². The maximum absolute atomic E-state index is 11.4. The zero-order chi connectivity index (χ0) is 14.8. The first-order chi connectivity index (χ1) is 10.2. The Labute approximate surface area is 122 Å². The van der Waals surface area contributed by atoms with Gasteiger partial charge in [0.05, 0.1) is 0 Å². The molecule has 4 heteroatoms. The number of aromatic nitrogens is 2. The first-order valence-corrected chi connectivity index (χ1v) is 6.92. The molecule has 0 fully saturated rings. The molecule has 0 saturated heterocycles. The van der Waals surface area contributed by atoms with Crippen LogP contribution < -0.4 is 5.76 Å². The number of rotatable bonds is 3. The van der Waals surface area contributed by atoms with Crippen LogP contribution in [0.15, 0.2) is 57.7 Å². The molecule has 21 heavy (non-hydrogen) atoms. The highest BCUT2D eigenvalue weighted by atomic mass is 16.4. The lowest BCUT2D eigenvalue weighted by Gasteiger charge is -2.09. The fraction of sp³-hybridized carbons (Fsp3) is 0.176. The summed E-state index contributed by atoms with van der Waals surface area (Å²) in [7, 11) is 1.58. The van der Waals surface area contributed by atoms with Gasteiger partial charge in [-0.3, -0.25) is 0 Å². The Morgan fingerprint density at radius 3 is 2.48 bits per heavy atom. The first kappa shape index (κ1) is 13.4. The zero-order valence-corrected chi connectivity index (χ0v) is 12.0. The maximum atomic E-state index is 11.4. The molecule has 3 aromatic rings. The zero-order valence-electron chi connectivity index (χ0n) is 12.0. The van der Waals surface area contributed by atoms with Crippen LogP contribution in [0.1, 0.15) is 12.5 Å². The summed E-state index contributed by atoms with van der Waals surface area (Å²) >= 11 is 0. The molecule has 0 radical (unpaired) electrons. The molecule has 0 unspecified atom stereocenters. The van der Waals surface area contributed by atoms with Crippen molar-refractivity contribution >= 4 is 0 Å². The van der Waals surface area contributed by atoms with Gasteiger partial charge in [-0.1, -0.05) is 43.3 Å². The number of aryl methyl sites for hydroxylation is 2. The van der Waals surface area contributed by atoms with Crippen molar-refractivity contribution in [2.24, 2.45) is 7.05 Å². The topological polar surface area (TPSA) is 48.0 Å². The average molecular weight is 280 g/mol.